The lowest BCUT2D eigenvalue weighted by atomic mass is 10.1. The number of hydrogen-bond acceptors (Lipinski definition) is 2. The van der Waals surface area contributed by atoms with E-state index in [2.05, 4.69) is 50.4 Å². The van der Waals surface area contributed by atoms with Gasteiger partial charge in [-0.2, -0.15) is 0 Å². The van der Waals surface area contributed by atoms with Gasteiger partial charge in [-0.15, -0.1) is 0 Å². The van der Waals surface area contributed by atoms with Crippen molar-refractivity contribution in [2.75, 3.05) is 26.4 Å². The van der Waals surface area contributed by atoms with Gasteiger partial charge in [0.15, 0.2) is 0 Å². The van der Waals surface area contributed by atoms with Crippen LogP contribution in [0.1, 0.15) is 20.8 Å². The molecule has 21 heavy (non-hydrogen) atoms. The Morgan fingerprint density at radius 3 is 2.43 bits per heavy atom. The Hall–Kier alpha value is -1.58. The summed E-state index contributed by atoms with van der Waals surface area (Å²) in [6.45, 7) is 9.58. The van der Waals surface area contributed by atoms with Crippen LogP contribution in [0.3, 0.4) is 0 Å². The van der Waals surface area contributed by atoms with Crippen molar-refractivity contribution >= 4 is 10.8 Å². The zero-order chi connectivity index (χ0) is 15.1. The summed E-state index contributed by atoms with van der Waals surface area (Å²) in [5.41, 5.74) is 0.269. The fraction of sp³-hybridized carbons (Fsp3) is 0.444. The summed E-state index contributed by atoms with van der Waals surface area (Å²) in [6.07, 6.45) is 0. The van der Waals surface area contributed by atoms with Gasteiger partial charge in [0.25, 0.3) is 0 Å². The zero-order valence-corrected chi connectivity index (χ0v) is 13.3. The maximum Gasteiger partial charge on any atom is 0.120 e. The van der Waals surface area contributed by atoms with Crippen LogP contribution in [-0.4, -0.2) is 31.9 Å². The molecule has 0 saturated heterocycles. The molecule has 2 rings (SSSR count). The summed E-state index contributed by atoms with van der Waals surface area (Å²) in [5, 5.41) is 4.73. The van der Waals surface area contributed by atoms with Gasteiger partial charge in [0, 0.05) is 0 Å². The normalized spacial score (nSPS) is 11.8. The number of fused-ring (bicyclic) bond motifs is 1. The smallest absolute Gasteiger partial charge is 0.120 e. The molecule has 0 heterocycles. The molecule has 0 saturated carbocycles. The summed E-state index contributed by atoms with van der Waals surface area (Å²) in [6, 6.07) is 14.5. The first kappa shape index (κ1) is 15.8. The molecular weight excluding hydrogens is 262 g/mol. The van der Waals surface area contributed by atoms with Crippen molar-refractivity contribution in [3.8, 4) is 5.75 Å². The van der Waals surface area contributed by atoms with Crippen molar-refractivity contribution in [1.82, 2.24) is 0 Å². The Morgan fingerprint density at radius 1 is 0.905 bits per heavy atom. The third-order valence-electron chi connectivity index (χ3n) is 3.24. The zero-order valence-electron chi connectivity index (χ0n) is 13.3. The van der Waals surface area contributed by atoms with Crippen LogP contribution in [0, 0.1) is 0 Å². The molecule has 0 radical (unpaired) electrons. The summed E-state index contributed by atoms with van der Waals surface area (Å²) < 4.78 is 11.3. The maximum atomic E-state index is 5.73. The lowest BCUT2D eigenvalue weighted by molar-refractivity contribution is -0.718. The predicted octanol–water partition coefficient (Wildman–Crippen LogP) is 2.60. The standard InChI is InChI=1S/C18H25NO2/c1-18(2,3)19-10-11-20-12-13-21-17-9-8-15-6-4-5-7-16(15)14-17/h4-9,14,19H,10-13H2,1-3H3/p+1. The monoisotopic (exact) mass is 288 g/mol. The number of hydrogen-bond donors (Lipinski definition) is 1. The van der Waals surface area contributed by atoms with E-state index >= 15 is 0 Å². The molecule has 0 aliphatic carbocycles. The minimum Gasteiger partial charge on any atom is -0.491 e. The quantitative estimate of drug-likeness (QED) is 0.795. The van der Waals surface area contributed by atoms with E-state index in [1.165, 1.54) is 10.8 Å². The highest BCUT2D eigenvalue weighted by Gasteiger charge is 2.11. The van der Waals surface area contributed by atoms with E-state index in [0.29, 0.717) is 13.2 Å². The highest BCUT2D eigenvalue weighted by atomic mass is 16.5. The fourth-order valence-electron chi connectivity index (χ4n) is 2.15. The molecule has 0 unspecified atom stereocenters. The molecule has 114 valence electrons. The van der Waals surface area contributed by atoms with E-state index < -0.39 is 0 Å². The van der Waals surface area contributed by atoms with E-state index in [1.54, 1.807) is 0 Å². The van der Waals surface area contributed by atoms with Crippen LogP contribution in [0.5, 0.6) is 5.75 Å². The SMILES string of the molecule is CC(C)(C)[NH2+]CCOCCOc1ccc2ccccc2c1. The second-order valence-electron chi connectivity index (χ2n) is 6.33. The van der Waals surface area contributed by atoms with Crippen molar-refractivity contribution in [3.63, 3.8) is 0 Å². The van der Waals surface area contributed by atoms with Gasteiger partial charge in [-0.1, -0.05) is 30.3 Å². The van der Waals surface area contributed by atoms with Crippen LogP contribution in [0.15, 0.2) is 42.5 Å². The summed E-state index contributed by atoms with van der Waals surface area (Å²) in [5.74, 6) is 0.901. The van der Waals surface area contributed by atoms with E-state index in [-0.39, 0.29) is 5.54 Å². The number of nitrogens with two attached hydrogens (primary N) is 1. The Morgan fingerprint density at radius 2 is 1.67 bits per heavy atom. The minimum absolute atomic E-state index is 0.269. The largest absolute Gasteiger partial charge is 0.491 e. The first-order chi connectivity index (χ1) is 10.0. The van der Waals surface area contributed by atoms with Crippen molar-refractivity contribution in [2.45, 2.75) is 26.3 Å². The van der Waals surface area contributed by atoms with Gasteiger partial charge in [-0.3, -0.25) is 0 Å². The van der Waals surface area contributed by atoms with Gasteiger partial charge in [0.05, 0.1) is 25.3 Å². The molecule has 3 heteroatoms. The number of rotatable bonds is 7. The van der Waals surface area contributed by atoms with Crippen molar-refractivity contribution < 1.29 is 14.8 Å². The Labute approximate surface area is 127 Å². The predicted molar refractivity (Wildman–Crippen MR) is 86.8 cm³/mol. The van der Waals surface area contributed by atoms with Gasteiger partial charge in [0.2, 0.25) is 0 Å². The fourth-order valence-corrected chi connectivity index (χ4v) is 2.15. The molecule has 0 atom stereocenters. The molecule has 2 aromatic carbocycles. The van der Waals surface area contributed by atoms with Crippen molar-refractivity contribution in [2.24, 2.45) is 0 Å². The van der Waals surface area contributed by atoms with Crippen LogP contribution in [-0.2, 0) is 4.74 Å². The summed E-state index contributed by atoms with van der Waals surface area (Å²) in [4.78, 5) is 0. The van der Waals surface area contributed by atoms with Crippen LogP contribution in [0.25, 0.3) is 10.8 Å². The van der Waals surface area contributed by atoms with Crippen molar-refractivity contribution in [3.05, 3.63) is 42.5 Å². The Bertz CT molecular complexity index is 560. The topological polar surface area (TPSA) is 35.1 Å². The van der Waals surface area contributed by atoms with E-state index in [0.717, 1.165) is 18.9 Å². The lowest BCUT2D eigenvalue weighted by Crippen LogP contribution is -2.95. The van der Waals surface area contributed by atoms with E-state index in [1.807, 2.05) is 18.2 Å². The molecule has 2 N–H and O–H groups in total. The average molecular weight is 288 g/mol. The van der Waals surface area contributed by atoms with Crippen LogP contribution in [0.4, 0.5) is 0 Å². The Kier molecular flexibility index (Phi) is 5.59. The summed E-state index contributed by atoms with van der Waals surface area (Å²) in [7, 11) is 0. The third-order valence-corrected chi connectivity index (χ3v) is 3.24. The van der Waals surface area contributed by atoms with Gasteiger partial charge in [-0.05, 0) is 43.7 Å². The van der Waals surface area contributed by atoms with Gasteiger partial charge in [0.1, 0.15) is 12.4 Å². The lowest BCUT2D eigenvalue weighted by Gasteiger charge is -2.16. The molecule has 3 nitrogen and oxygen atoms in total. The highest BCUT2D eigenvalue weighted by Crippen LogP contribution is 2.20. The van der Waals surface area contributed by atoms with E-state index in [9.17, 15) is 0 Å². The average Bonchev–Trinajstić information content (AvgIpc) is 2.45. The van der Waals surface area contributed by atoms with Crippen molar-refractivity contribution in [1.29, 1.82) is 0 Å². The molecule has 0 aromatic heterocycles. The second kappa shape index (κ2) is 7.43. The van der Waals surface area contributed by atoms with Crippen LogP contribution < -0.4 is 10.1 Å². The number of quaternary nitrogens is 1. The molecule has 0 bridgehead atoms. The van der Waals surface area contributed by atoms with E-state index in [4.69, 9.17) is 9.47 Å². The number of benzene rings is 2. The third kappa shape index (κ3) is 5.74. The number of ether oxygens (including phenoxy) is 2. The highest BCUT2D eigenvalue weighted by molar-refractivity contribution is 5.83. The van der Waals surface area contributed by atoms with Gasteiger partial charge in [-0.25, -0.2) is 0 Å². The van der Waals surface area contributed by atoms with Crippen LogP contribution in [0.2, 0.25) is 0 Å². The Balaban J connectivity index is 1.66. The maximum absolute atomic E-state index is 5.73. The molecule has 0 spiro atoms. The summed E-state index contributed by atoms with van der Waals surface area (Å²) >= 11 is 0. The molecule has 0 aliphatic rings. The second-order valence-corrected chi connectivity index (χ2v) is 6.33. The van der Waals surface area contributed by atoms with Gasteiger partial charge < -0.3 is 14.8 Å². The molecule has 0 aliphatic heterocycles. The molecular formula is C18H26NO2+. The molecule has 0 amide bonds. The first-order valence-electron chi connectivity index (χ1n) is 7.58. The molecule has 2 aromatic rings. The van der Waals surface area contributed by atoms with Gasteiger partial charge >= 0.3 is 0 Å². The first-order valence-corrected chi connectivity index (χ1v) is 7.58. The van der Waals surface area contributed by atoms with Crippen LogP contribution >= 0.6 is 0 Å². The minimum atomic E-state index is 0.269. The molecule has 0 fully saturated rings.